The van der Waals surface area contributed by atoms with Gasteiger partial charge < -0.3 is 10.1 Å². The van der Waals surface area contributed by atoms with Gasteiger partial charge >= 0.3 is 0 Å². The quantitative estimate of drug-likeness (QED) is 0.921. The number of fused-ring (bicyclic) bond motifs is 2. The average molecular weight is 301 g/mol. The normalized spacial score (nSPS) is 32.0. The van der Waals surface area contributed by atoms with Crippen LogP contribution in [0.15, 0.2) is 24.3 Å². The number of benzene rings is 1. The smallest absolute Gasteiger partial charge is 0.258 e. The summed E-state index contributed by atoms with van der Waals surface area (Å²) in [7, 11) is 0. The number of ether oxygens (including phenoxy) is 1. The maximum Gasteiger partial charge on any atom is 0.258 e. The second-order valence-corrected chi connectivity index (χ2v) is 7.84. The summed E-state index contributed by atoms with van der Waals surface area (Å²) in [5.74, 6) is 1.49. The largest absolute Gasteiger partial charge is 0.484 e. The van der Waals surface area contributed by atoms with Gasteiger partial charge in [0.1, 0.15) is 5.75 Å². The zero-order chi connectivity index (χ0) is 16.0. The van der Waals surface area contributed by atoms with Crippen LogP contribution in [0.4, 0.5) is 0 Å². The van der Waals surface area contributed by atoms with E-state index in [9.17, 15) is 4.79 Å². The summed E-state index contributed by atoms with van der Waals surface area (Å²) in [5.41, 5.74) is 1.68. The zero-order valence-corrected chi connectivity index (χ0v) is 14.1. The van der Waals surface area contributed by atoms with Crippen molar-refractivity contribution in [1.82, 2.24) is 5.32 Å². The lowest BCUT2D eigenvalue weighted by molar-refractivity contribution is -0.124. The topological polar surface area (TPSA) is 38.3 Å². The number of hydrogen-bond acceptors (Lipinski definition) is 2. The molecule has 1 amide bonds. The molecule has 3 unspecified atom stereocenters. The Labute approximate surface area is 133 Å². The SMILES string of the molecule is Cc1cccc(OCC(=O)NC2CC3CCC2(C)C3(C)C)c1. The Bertz CT molecular complexity index is 581. The molecule has 2 bridgehead atoms. The molecule has 0 radical (unpaired) electrons. The highest BCUT2D eigenvalue weighted by Gasteiger charge is 2.61. The molecule has 2 saturated carbocycles. The van der Waals surface area contributed by atoms with Crippen LogP contribution >= 0.6 is 0 Å². The van der Waals surface area contributed by atoms with E-state index in [0.717, 1.165) is 23.7 Å². The molecule has 0 heterocycles. The number of aryl methyl sites for hydroxylation is 1. The number of nitrogens with one attached hydrogen (secondary N) is 1. The van der Waals surface area contributed by atoms with Crippen molar-refractivity contribution >= 4 is 5.91 Å². The van der Waals surface area contributed by atoms with Crippen molar-refractivity contribution in [3.8, 4) is 5.75 Å². The van der Waals surface area contributed by atoms with E-state index in [2.05, 4.69) is 26.1 Å². The monoisotopic (exact) mass is 301 g/mol. The molecule has 2 fully saturated rings. The molecule has 1 aromatic carbocycles. The van der Waals surface area contributed by atoms with Gasteiger partial charge in [-0.25, -0.2) is 0 Å². The van der Waals surface area contributed by atoms with Crippen LogP contribution in [0.1, 0.15) is 45.6 Å². The van der Waals surface area contributed by atoms with E-state index in [1.807, 2.05) is 31.2 Å². The van der Waals surface area contributed by atoms with Gasteiger partial charge in [-0.1, -0.05) is 32.9 Å². The van der Waals surface area contributed by atoms with Crippen LogP contribution < -0.4 is 10.1 Å². The van der Waals surface area contributed by atoms with Gasteiger partial charge in [-0.2, -0.15) is 0 Å². The van der Waals surface area contributed by atoms with Crippen LogP contribution in [0.5, 0.6) is 5.75 Å². The summed E-state index contributed by atoms with van der Waals surface area (Å²) in [5, 5.41) is 3.23. The fourth-order valence-corrected chi connectivity index (χ4v) is 4.51. The van der Waals surface area contributed by atoms with Crippen LogP contribution in [0.2, 0.25) is 0 Å². The number of carbonyl (C=O) groups excluding carboxylic acids is 1. The molecule has 3 atom stereocenters. The van der Waals surface area contributed by atoms with Gasteiger partial charge in [-0.3, -0.25) is 4.79 Å². The first kappa shape index (κ1) is 15.4. The Morgan fingerprint density at radius 1 is 1.36 bits per heavy atom. The summed E-state index contributed by atoms with van der Waals surface area (Å²) in [6, 6.07) is 8.10. The van der Waals surface area contributed by atoms with Crippen molar-refractivity contribution in [3.63, 3.8) is 0 Å². The highest BCUT2D eigenvalue weighted by molar-refractivity contribution is 5.78. The van der Waals surface area contributed by atoms with E-state index in [1.54, 1.807) is 0 Å². The van der Waals surface area contributed by atoms with Crippen molar-refractivity contribution in [3.05, 3.63) is 29.8 Å². The third-order valence-electron chi connectivity index (χ3n) is 6.49. The standard InChI is InChI=1S/C19H27NO2/c1-13-6-5-7-15(10-13)22-12-17(21)20-16-11-14-8-9-19(16,4)18(14,2)3/h5-7,10,14,16H,8-9,11-12H2,1-4H3,(H,20,21). The van der Waals surface area contributed by atoms with Crippen molar-refractivity contribution in [2.24, 2.45) is 16.7 Å². The summed E-state index contributed by atoms with van der Waals surface area (Å²) in [6.07, 6.45) is 3.63. The third-order valence-corrected chi connectivity index (χ3v) is 6.49. The summed E-state index contributed by atoms with van der Waals surface area (Å²) < 4.78 is 5.61. The molecule has 2 aliphatic carbocycles. The van der Waals surface area contributed by atoms with E-state index >= 15 is 0 Å². The fourth-order valence-electron chi connectivity index (χ4n) is 4.51. The Morgan fingerprint density at radius 3 is 2.73 bits per heavy atom. The maximum absolute atomic E-state index is 12.3. The highest BCUT2D eigenvalue weighted by Crippen LogP contribution is 2.65. The molecule has 3 heteroatoms. The van der Waals surface area contributed by atoms with Crippen molar-refractivity contribution in [2.45, 2.75) is 53.0 Å². The van der Waals surface area contributed by atoms with E-state index in [1.165, 1.54) is 12.8 Å². The Morgan fingerprint density at radius 2 is 2.14 bits per heavy atom. The second kappa shape index (κ2) is 5.29. The van der Waals surface area contributed by atoms with Crippen molar-refractivity contribution in [1.29, 1.82) is 0 Å². The Hall–Kier alpha value is -1.51. The van der Waals surface area contributed by atoms with Crippen LogP contribution in [-0.2, 0) is 4.79 Å². The number of hydrogen-bond donors (Lipinski definition) is 1. The molecular weight excluding hydrogens is 274 g/mol. The number of amides is 1. The van der Waals surface area contributed by atoms with Gasteiger partial charge in [0.15, 0.2) is 6.61 Å². The average Bonchev–Trinajstić information content (AvgIpc) is 2.78. The first-order valence-electron chi connectivity index (χ1n) is 8.32. The van der Waals surface area contributed by atoms with Gasteiger partial charge in [0.2, 0.25) is 0 Å². The first-order chi connectivity index (χ1) is 10.3. The van der Waals surface area contributed by atoms with E-state index in [-0.39, 0.29) is 24.0 Å². The second-order valence-electron chi connectivity index (χ2n) is 7.84. The van der Waals surface area contributed by atoms with E-state index in [0.29, 0.717) is 5.41 Å². The minimum absolute atomic E-state index is 0.00363. The maximum atomic E-state index is 12.3. The number of rotatable bonds is 4. The lowest BCUT2D eigenvalue weighted by Crippen LogP contribution is -2.48. The molecule has 1 N–H and O–H groups in total. The molecule has 0 spiro atoms. The summed E-state index contributed by atoms with van der Waals surface area (Å²) >= 11 is 0. The van der Waals surface area contributed by atoms with E-state index < -0.39 is 0 Å². The van der Waals surface area contributed by atoms with Crippen molar-refractivity contribution < 1.29 is 9.53 Å². The molecule has 1 aromatic rings. The van der Waals surface area contributed by atoms with Gasteiger partial charge in [-0.15, -0.1) is 0 Å². The Kier molecular flexibility index (Phi) is 3.70. The highest BCUT2D eigenvalue weighted by atomic mass is 16.5. The molecule has 0 aromatic heterocycles. The van der Waals surface area contributed by atoms with Crippen molar-refractivity contribution in [2.75, 3.05) is 6.61 Å². The van der Waals surface area contributed by atoms with Crippen LogP contribution in [0.25, 0.3) is 0 Å². The summed E-state index contributed by atoms with van der Waals surface area (Å²) in [4.78, 5) is 12.3. The molecular formula is C19H27NO2. The predicted octanol–water partition coefficient (Wildman–Crippen LogP) is 3.70. The minimum Gasteiger partial charge on any atom is -0.484 e. The predicted molar refractivity (Wildman–Crippen MR) is 87.8 cm³/mol. The third kappa shape index (κ3) is 2.41. The number of carbonyl (C=O) groups is 1. The molecule has 2 aliphatic rings. The van der Waals surface area contributed by atoms with Gasteiger partial charge in [0.25, 0.3) is 5.91 Å². The molecule has 120 valence electrons. The molecule has 0 saturated heterocycles. The molecule has 0 aliphatic heterocycles. The van der Waals surface area contributed by atoms with Gasteiger partial charge in [-0.05, 0) is 60.6 Å². The van der Waals surface area contributed by atoms with Gasteiger partial charge in [0.05, 0.1) is 0 Å². The first-order valence-corrected chi connectivity index (χ1v) is 8.32. The van der Waals surface area contributed by atoms with Crippen LogP contribution in [0.3, 0.4) is 0 Å². The zero-order valence-electron chi connectivity index (χ0n) is 14.1. The van der Waals surface area contributed by atoms with Gasteiger partial charge in [0, 0.05) is 6.04 Å². The lowest BCUT2D eigenvalue weighted by Gasteiger charge is -2.39. The molecule has 3 rings (SSSR count). The Balaban J connectivity index is 1.57. The lowest BCUT2D eigenvalue weighted by atomic mass is 9.69. The molecule has 3 nitrogen and oxygen atoms in total. The fraction of sp³-hybridized carbons (Fsp3) is 0.632. The molecule has 22 heavy (non-hydrogen) atoms. The minimum atomic E-state index is -0.00363. The summed E-state index contributed by atoms with van der Waals surface area (Å²) in [6.45, 7) is 9.18. The van der Waals surface area contributed by atoms with Crippen LogP contribution in [0, 0.1) is 23.7 Å². The van der Waals surface area contributed by atoms with E-state index in [4.69, 9.17) is 4.74 Å². The van der Waals surface area contributed by atoms with Crippen LogP contribution in [-0.4, -0.2) is 18.6 Å².